The van der Waals surface area contributed by atoms with Gasteiger partial charge in [0, 0.05) is 12.4 Å². The minimum Gasteiger partial charge on any atom is -0.497 e. The van der Waals surface area contributed by atoms with Crippen LogP contribution >= 0.6 is 11.6 Å². The van der Waals surface area contributed by atoms with Crippen LogP contribution in [-0.2, 0) is 10.0 Å². The van der Waals surface area contributed by atoms with Gasteiger partial charge in [0.2, 0.25) is 0 Å². The molecule has 0 aliphatic rings. The van der Waals surface area contributed by atoms with E-state index in [-0.39, 0.29) is 15.5 Å². The third kappa shape index (κ3) is 3.04. The van der Waals surface area contributed by atoms with Gasteiger partial charge in [-0.2, -0.15) is 3.97 Å². The molecule has 0 saturated carbocycles. The number of carbonyl (C=O) groups excluding carboxylic acids is 1. The SMILES string of the molecule is COc1ccc(S(=O)(=O)n2ccn(C(=O)c3ccccc3Cl)c2=O)cc1. The minimum atomic E-state index is -4.16. The van der Waals surface area contributed by atoms with Crippen LogP contribution in [0.1, 0.15) is 10.4 Å². The topological polar surface area (TPSA) is 87.4 Å². The molecule has 0 aliphatic carbocycles. The fraction of sp³-hybridized carbons (Fsp3) is 0.0588. The first kappa shape index (κ1) is 18.0. The molecule has 3 rings (SSSR count). The Hall–Kier alpha value is -2.84. The lowest BCUT2D eigenvalue weighted by atomic mass is 10.2. The summed E-state index contributed by atoms with van der Waals surface area (Å²) < 4.78 is 31.5. The molecule has 26 heavy (non-hydrogen) atoms. The molecule has 9 heteroatoms. The van der Waals surface area contributed by atoms with E-state index in [0.717, 1.165) is 12.4 Å². The smallest absolute Gasteiger partial charge is 0.349 e. The molecule has 0 saturated heterocycles. The van der Waals surface area contributed by atoms with Gasteiger partial charge in [0.15, 0.2) is 0 Å². The lowest BCUT2D eigenvalue weighted by Crippen LogP contribution is -2.32. The van der Waals surface area contributed by atoms with Gasteiger partial charge in [-0.25, -0.2) is 17.8 Å². The van der Waals surface area contributed by atoms with E-state index >= 15 is 0 Å². The molecular formula is C17H13ClN2O5S. The molecule has 1 aromatic heterocycles. The summed E-state index contributed by atoms with van der Waals surface area (Å²) in [6.07, 6.45) is 2.12. The third-order valence-corrected chi connectivity index (χ3v) is 5.68. The van der Waals surface area contributed by atoms with Gasteiger partial charge in [-0.3, -0.25) is 4.79 Å². The zero-order valence-corrected chi connectivity index (χ0v) is 15.1. The average Bonchev–Trinajstić information content (AvgIpc) is 3.04. The molecule has 0 bridgehead atoms. The van der Waals surface area contributed by atoms with Crippen LogP contribution in [0.25, 0.3) is 0 Å². The van der Waals surface area contributed by atoms with Crippen LogP contribution in [0, 0.1) is 0 Å². The van der Waals surface area contributed by atoms with Crippen molar-refractivity contribution >= 4 is 27.5 Å². The molecule has 1 heterocycles. The van der Waals surface area contributed by atoms with Crippen molar-refractivity contribution in [3.8, 4) is 5.75 Å². The van der Waals surface area contributed by atoms with Gasteiger partial charge in [0.05, 0.1) is 22.6 Å². The first-order valence-corrected chi connectivity index (χ1v) is 9.17. The Morgan fingerprint density at radius 3 is 2.31 bits per heavy atom. The molecule has 7 nitrogen and oxygen atoms in total. The number of nitrogens with zero attached hydrogens (tertiary/aromatic N) is 2. The number of aromatic nitrogens is 2. The third-order valence-electron chi connectivity index (χ3n) is 3.69. The first-order valence-electron chi connectivity index (χ1n) is 7.35. The largest absolute Gasteiger partial charge is 0.497 e. The summed E-state index contributed by atoms with van der Waals surface area (Å²) in [4.78, 5) is 24.9. The molecule has 0 fully saturated rings. The van der Waals surface area contributed by atoms with Crippen LogP contribution < -0.4 is 10.4 Å². The minimum absolute atomic E-state index is 0.0934. The van der Waals surface area contributed by atoms with Crippen molar-refractivity contribution in [3.05, 3.63) is 82.0 Å². The van der Waals surface area contributed by atoms with Crippen molar-refractivity contribution in [3.63, 3.8) is 0 Å². The normalized spacial score (nSPS) is 11.3. The van der Waals surface area contributed by atoms with E-state index in [1.165, 1.54) is 43.5 Å². The highest BCUT2D eigenvalue weighted by Gasteiger charge is 2.23. The Balaban J connectivity index is 2.04. The second-order valence-corrected chi connectivity index (χ2v) is 7.43. The van der Waals surface area contributed by atoms with Gasteiger partial charge in [-0.15, -0.1) is 0 Å². The summed E-state index contributed by atoms with van der Waals surface area (Å²) in [5.41, 5.74) is -0.915. The number of benzene rings is 2. The fourth-order valence-corrected chi connectivity index (χ4v) is 3.76. The predicted octanol–water partition coefficient (Wildman–Crippen LogP) is 2.24. The fourth-order valence-electron chi connectivity index (χ4n) is 2.32. The average molecular weight is 393 g/mol. The molecule has 0 aliphatic heterocycles. The number of methoxy groups -OCH3 is 1. The Bertz CT molecular complexity index is 1130. The molecule has 0 spiro atoms. The van der Waals surface area contributed by atoms with Gasteiger partial charge in [-0.1, -0.05) is 23.7 Å². The van der Waals surface area contributed by atoms with Crippen LogP contribution in [-0.4, -0.2) is 30.0 Å². The lowest BCUT2D eigenvalue weighted by molar-refractivity contribution is 0.0956. The van der Waals surface area contributed by atoms with Crippen LogP contribution in [0.2, 0.25) is 5.02 Å². The molecule has 0 N–H and O–H groups in total. The van der Waals surface area contributed by atoms with Crippen LogP contribution in [0.5, 0.6) is 5.75 Å². The molecule has 2 aromatic carbocycles. The maximum absolute atomic E-state index is 12.7. The van der Waals surface area contributed by atoms with Crippen molar-refractivity contribution in [2.45, 2.75) is 4.90 Å². The Labute approximate surface area is 154 Å². The second kappa shape index (κ2) is 6.81. The highest BCUT2D eigenvalue weighted by Crippen LogP contribution is 2.18. The lowest BCUT2D eigenvalue weighted by Gasteiger charge is -2.06. The quantitative estimate of drug-likeness (QED) is 0.679. The van der Waals surface area contributed by atoms with Crippen molar-refractivity contribution in [2.24, 2.45) is 0 Å². The standard InChI is InChI=1S/C17H13ClN2O5S/c1-25-12-6-8-13(9-7-12)26(23,24)20-11-10-19(17(20)22)16(21)14-4-2-3-5-15(14)18/h2-11H,1H3. The molecule has 0 atom stereocenters. The van der Waals surface area contributed by atoms with Crippen molar-refractivity contribution < 1.29 is 17.9 Å². The maximum atomic E-state index is 12.7. The summed E-state index contributed by atoms with van der Waals surface area (Å²) >= 11 is 5.97. The van der Waals surface area contributed by atoms with E-state index in [0.29, 0.717) is 14.3 Å². The first-order chi connectivity index (χ1) is 12.4. The van der Waals surface area contributed by atoms with Crippen LogP contribution in [0.3, 0.4) is 0 Å². The second-order valence-electron chi connectivity index (χ2n) is 5.21. The molecular weight excluding hydrogens is 380 g/mol. The number of rotatable bonds is 4. The number of hydrogen-bond acceptors (Lipinski definition) is 5. The van der Waals surface area contributed by atoms with Gasteiger partial charge in [0.1, 0.15) is 5.75 Å². The van der Waals surface area contributed by atoms with Crippen LogP contribution in [0.15, 0.2) is 70.6 Å². The van der Waals surface area contributed by atoms with E-state index < -0.39 is 21.6 Å². The summed E-state index contributed by atoms with van der Waals surface area (Å²) in [5.74, 6) is -0.243. The summed E-state index contributed by atoms with van der Waals surface area (Å²) in [6, 6.07) is 11.7. The molecule has 134 valence electrons. The van der Waals surface area contributed by atoms with Crippen LogP contribution in [0.4, 0.5) is 0 Å². The Morgan fingerprint density at radius 2 is 1.69 bits per heavy atom. The summed E-state index contributed by atoms with van der Waals surface area (Å²) in [6.45, 7) is 0. The number of carbonyl (C=O) groups is 1. The number of imidazole rings is 1. The van der Waals surface area contributed by atoms with E-state index in [9.17, 15) is 18.0 Å². The van der Waals surface area contributed by atoms with Gasteiger partial charge in [-0.05, 0) is 36.4 Å². The molecule has 3 aromatic rings. The molecule has 0 amide bonds. The van der Waals surface area contributed by atoms with E-state index in [2.05, 4.69) is 0 Å². The zero-order chi connectivity index (χ0) is 18.9. The van der Waals surface area contributed by atoms with Crippen molar-refractivity contribution in [2.75, 3.05) is 7.11 Å². The van der Waals surface area contributed by atoms with Crippen molar-refractivity contribution in [1.29, 1.82) is 0 Å². The van der Waals surface area contributed by atoms with E-state index in [4.69, 9.17) is 16.3 Å². The number of hydrogen-bond donors (Lipinski definition) is 0. The summed E-state index contributed by atoms with van der Waals surface area (Å²) in [7, 11) is -2.70. The van der Waals surface area contributed by atoms with Gasteiger partial charge in [0.25, 0.3) is 15.9 Å². The van der Waals surface area contributed by atoms with Crippen molar-refractivity contribution in [1.82, 2.24) is 8.54 Å². The van der Waals surface area contributed by atoms with E-state index in [1.54, 1.807) is 12.1 Å². The molecule has 0 radical (unpaired) electrons. The Morgan fingerprint density at radius 1 is 1.04 bits per heavy atom. The maximum Gasteiger partial charge on any atom is 0.349 e. The Kier molecular flexibility index (Phi) is 4.71. The van der Waals surface area contributed by atoms with Gasteiger partial charge < -0.3 is 4.74 Å². The van der Waals surface area contributed by atoms with E-state index in [1.807, 2.05) is 0 Å². The highest BCUT2D eigenvalue weighted by molar-refractivity contribution is 7.90. The number of halogens is 1. The molecule has 0 unspecified atom stereocenters. The summed E-state index contributed by atoms with van der Waals surface area (Å²) in [5, 5.41) is 0.162. The predicted molar refractivity (Wildman–Crippen MR) is 95.5 cm³/mol. The monoisotopic (exact) mass is 392 g/mol. The number of ether oxygens (including phenoxy) is 1. The zero-order valence-electron chi connectivity index (χ0n) is 13.5. The highest BCUT2D eigenvalue weighted by atomic mass is 35.5. The van der Waals surface area contributed by atoms with Gasteiger partial charge >= 0.3 is 5.69 Å².